The predicted octanol–water partition coefficient (Wildman–Crippen LogP) is 3.19. The van der Waals surface area contributed by atoms with E-state index < -0.39 is 0 Å². The van der Waals surface area contributed by atoms with Crippen molar-refractivity contribution in [3.63, 3.8) is 0 Å². The zero-order valence-electron chi connectivity index (χ0n) is 16.0. The molecular formula is C22H23N3O3S. The van der Waals surface area contributed by atoms with Crippen molar-refractivity contribution < 1.29 is 14.3 Å². The predicted molar refractivity (Wildman–Crippen MR) is 116 cm³/mol. The highest BCUT2D eigenvalue weighted by atomic mass is 32.2. The molecule has 1 N–H and O–H groups in total. The maximum atomic E-state index is 12.9. The van der Waals surface area contributed by atoms with Crippen molar-refractivity contribution in [2.45, 2.75) is 0 Å². The van der Waals surface area contributed by atoms with Gasteiger partial charge in [0.2, 0.25) is 0 Å². The molecule has 2 aliphatic heterocycles. The van der Waals surface area contributed by atoms with Crippen LogP contribution in [0.25, 0.3) is 0 Å². The Bertz CT molecular complexity index is 909. The maximum Gasteiger partial charge on any atom is 0.291 e. The van der Waals surface area contributed by atoms with Gasteiger partial charge in [-0.2, -0.15) is 0 Å². The van der Waals surface area contributed by atoms with E-state index in [-0.39, 0.29) is 11.8 Å². The molecule has 150 valence electrons. The quantitative estimate of drug-likeness (QED) is 0.840. The van der Waals surface area contributed by atoms with Crippen molar-refractivity contribution in [3.05, 3.63) is 71.3 Å². The van der Waals surface area contributed by atoms with Crippen molar-refractivity contribution in [2.24, 2.45) is 0 Å². The van der Waals surface area contributed by atoms with Gasteiger partial charge in [-0.25, -0.2) is 0 Å². The van der Waals surface area contributed by atoms with Gasteiger partial charge >= 0.3 is 0 Å². The van der Waals surface area contributed by atoms with E-state index in [2.05, 4.69) is 22.3 Å². The molecule has 0 atom stereocenters. The molecule has 29 heavy (non-hydrogen) atoms. The van der Waals surface area contributed by atoms with Crippen LogP contribution in [0.4, 0.5) is 11.4 Å². The number of thioether (sulfide) groups is 1. The third kappa shape index (κ3) is 4.74. The Kier molecular flexibility index (Phi) is 6.05. The lowest BCUT2D eigenvalue weighted by molar-refractivity contribution is -0.116. The second kappa shape index (κ2) is 9.05. The van der Waals surface area contributed by atoms with Crippen LogP contribution in [0, 0.1) is 0 Å². The highest BCUT2D eigenvalue weighted by molar-refractivity contribution is 8.02. The minimum absolute atomic E-state index is 0.0162. The number of amides is 2. The molecule has 1 saturated heterocycles. The second-order valence-corrected chi connectivity index (χ2v) is 7.83. The van der Waals surface area contributed by atoms with Gasteiger partial charge in [0.05, 0.1) is 6.61 Å². The Labute approximate surface area is 174 Å². The third-order valence-corrected chi connectivity index (χ3v) is 5.71. The van der Waals surface area contributed by atoms with Gasteiger partial charge in [-0.05, 0) is 30.3 Å². The number of hydrogen-bond donors (Lipinski definition) is 1. The molecule has 0 aliphatic carbocycles. The van der Waals surface area contributed by atoms with Crippen LogP contribution in [0.3, 0.4) is 0 Å². The number of hydrogen-bond acceptors (Lipinski definition) is 5. The summed E-state index contributed by atoms with van der Waals surface area (Å²) in [5, 5.41) is 4.54. The second-order valence-electron chi connectivity index (χ2n) is 6.85. The summed E-state index contributed by atoms with van der Waals surface area (Å²) < 4.78 is 5.38. The molecule has 0 radical (unpaired) electrons. The Morgan fingerprint density at radius 3 is 2.48 bits per heavy atom. The van der Waals surface area contributed by atoms with Crippen molar-refractivity contribution in [1.82, 2.24) is 4.90 Å². The Hall–Kier alpha value is -2.93. The summed E-state index contributed by atoms with van der Waals surface area (Å²) >= 11 is 1.55. The average molecular weight is 410 g/mol. The molecule has 4 rings (SSSR count). The first-order chi connectivity index (χ1) is 14.2. The molecule has 2 amide bonds. The topological polar surface area (TPSA) is 61.9 Å². The van der Waals surface area contributed by atoms with Gasteiger partial charge in [0.15, 0.2) is 5.76 Å². The first-order valence-electron chi connectivity index (χ1n) is 9.66. The van der Waals surface area contributed by atoms with Gasteiger partial charge in [-0.1, -0.05) is 24.3 Å². The average Bonchev–Trinajstić information content (AvgIpc) is 2.80. The van der Waals surface area contributed by atoms with Gasteiger partial charge < -0.3 is 19.9 Å². The lowest BCUT2D eigenvalue weighted by Crippen LogP contribution is -2.48. The van der Waals surface area contributed by atoms with Crippen LogP contribution in [-0.4, -0.2) is 55.3 Å². The third-order valence-electron chi connectivity index (χ3n) is 4.93. The fourth-order valence-electron chi connectivity index (χ4n) is 3.40. The van der Waals surface area contributed by atoms with E-state index in [1.54, 1.807) is 41.4 Å². The Morgan fingerprint density at radius 2 is 1.76 bits per heavy atom. The zero-order valence-corrected chi connectivity index (χ0v) is 16.9. The van der Waals surface area contributed by atoms with Crippen molar-refractivity contribution in [3.8, 4) is 0 Å². The number of carbonyl (C=O) groups excluding carboxylic acids is 2. The van der Waals surface area contributed by atoms with Gasteiger partial charge in [0.25, 0.3) is 11.8 Å². The summed E-state index contributed by atoms with van der Waals surface area (Å²) in [4.78, 5) is 29.4. The zero-order chi connectivity index (χ0) is 20.1. The number of nitrogens with zero attached hydrogens (tertiary/aromatic N) is 2. The minimum atomic E-state index is -0.293. The van der Waals surface area contributed by atoms with E-state index in [1.165, 1.54) is 5.69 Å². The molecule has 6 nitrogen and oxygen atoms in total. The Morgan fingerprint density at radius 1 is 0.966 bits per heavy atom. The summed E-state index contributed by atoms with van der Waals surface area (Å²) in [5.41, 5.74) is 2.34. The summed E-state index contributed by atoms with van der Waals surface area (Å²) in [5.74, 6) is 0.851. The fraction of sp³-hybridized carbons (Fsp3) is 0.273. The van der Waals surface area contributed by atoms with Gasteiger partial charge in [-0.15, -0.1) is 11.8 Å². The van der Waals surface area contributed by atoms with Crippen molar-refractivity contribution in [2.75, 3.05) is 48.8 Å². The molecule has 0 unspecified atom stereocenters. The molecule has 7 heteroatoms. The summed E-state index contributed by atoms with van der Waals surface area (Å²) in [6.07, 6.45) is 0. The van der Waals surface area contributed by atoms with E-state index in [1.807, 2.05) is 23.1 Å². The first-order valence-corrected chi connectivity index (χ1v) is 10.7. The molecule has 2 heterocycles. The lowest BCUT2D eigenvalue weighted by atomic mass is 10.1. The lowest BCUT2D eigenvalue weighted by Gasteiger charge is -2.36. The van der Waals surface area contributed by atoms with Crippen LogP contribution in [-0.2, 0) is 9.53 Å². The van der Waals surface area contributed by atoms with E-state index in [0.717, 1.165) is 18.8 Å². The monoisotopic (exact) mass is 409 g/mol. The maximum absolute atomic E-state index is 12.9. The standard InChI is InChI=1S/C22H23N3O3S/c26-21(20-16-29-14-13-28-20)23-18-6-4-5-17(15-18)22(27)25-11-9-24(10-12-25)19-7-2-1-3-8-19/h1-8,15-16H,9-14H2,(H,23,26). The van der Waals surface area contributed by atoms with E-state index in [9.17, 15) is 9.59 Å². The molecule has 0 aromatic heterocycles. The minimum Gasteiger partial charge on any atom is -0.487 e. The molecule has 2 aliphatic rings. The largest absolute Gasteiger partial charge is 0.487 e. The number of anilines is 2. The summed E-state index contributed by atoms with van der Waals surface area (Å²) in [7, 11) is 0. The highest BCUT2D eigenvalue weighted by Gasteiger charge is 2.23. The number of piperazine rings is 1. The van der Waals surface area contributed by atoms with Crippen LogP contribution >= 0.6 is 11.8 Å². The fourth-order valence-corrected chi connectivity index (χ4v) is 4.02. The van der Waals surface area contributed by atoms with E-state index in [4.69, 9.17) is 4.74 Å². The molecule has 0 spiro atoms. The number of rotatable bonds is 4. The van der Waals surface area contributed by atoms with Crippen LogP contribution < -0.4 is 10.2 Å². The molecule has 0 saturated carbocycles. The van der Waals surface area contributed by atoms with Gasteiger partial charge in [0.1, 0.15) is 0 Å². The summed E-state index contributed by atoms with van der Waals surface area (Å²) in [6, 6.07) is 17.3. The first kappa shape index (κ1) is 19.4. The highest BCUT2D eigenvalue weighted by Crippen LogP contribution is 2.20. The van der Waals surface area contributed by atoms with Crippen molar-refractivity contribution >= 4 is 35.0 Å². The normalized spacial score (nSPS) is 16.6. The van der Waals surface area contributed by atoms with Crippen LogP contribution in [0.1, 0.15) is 10.4 Å². The number of carbonyl (C=O) groups is 2. The number of ether oxygens (including phenoxy) is 1. The van der Waals surface area contributed by atoms with Crippen molar-refractivity contribution in [1.29, 1.82) is 0 Å². The number of para-hydroxylation sites is 1. The molecule has 2 aromatic carbocycles. The molecule has 1 fully saturated rings. The van der Waals surface area contributed by atoms with Crippen LogP contribution in [0.5, 0.6) is 0 Å². The summed E-state index contributed by atoms with van der Waals surface area (Å²) in [6.45, 7) is 3.46. The van der Waals surface area contributed by atoms with E-state index in [0.29, 0.717) is 36.7 Å². The van der Waals surface area contributed by atoms with E-state index >= 15 is 0 Å². The molecule has 2 aromatic rings. The number of benzene rings is 2. The van der Waals surface area contributed by atoms with Gasteiger partial charge in [0, 0.05) is 54.3 Å². The van der Waals surface area contributed by atoms with Crippen LogP contribution in [0.2, 0.25) is 0 Å². The van der Waals surface area contributed by atoms with Gasteiger partial charge in [-0.3, -0.25) is 9.59 Å². The SMILES string of the molecule is O=C(Nc1cccc(C(=O)N2CCN(c3ccccc3)CC2)c1)C1=CSCCO1. The van der Waals surface area contributed by atoms with Crippen LogP contribution in [0.15, 0.2) is 65.8 Å². The smallest absolute Gasteiger partial charge is 0.291 e. The number of nitrogens with one attached hydrogen (secondary N) is 1. The molecular weight excluding hydrogens is 386 g/mol. The molecule has 0 bridgehead atoms. The Balaban J connectivity index is 1.37.